The fourth-order valence-corrected chi connectivity index (χ4v) is 7.89. The lowest BCUT2D eigenvalue weighted by atomic mass is 9.95. The van der Waals surface area contributed by atoms with Crippen molar-refractivity contribution in [3.63, 3.8) is 0 Å². The van der Waals surface area contributed by atoms with Gasteiger partial charge < -0.3 is 14.5 Å². The van der Waals surface area contributed by atoms with Crippen molar-refractivity contribution in [1.29, 1.82) is 0 Å². The zero-order chi connectivity index (χ0) is 33.0. The van der Waals surface area contributed by atoms with Crippen LogP contribution in [0, 0.1) is 5.82 Å². The normalized spacial score (nSPS) is 21.8. The second-order valence-electron chi connectivity index (χ2n) is 12.5. The van der Waals surface area contributed by atoms with Crippen LogP contribution in [0.25, 0.3) is 39.1 Å². The lowest BCUT2D eigenvalue weighted by Gasteiger charge is -2.35. The number of rotatable bonds is 7. The van der Waals surface area contributed by atoms with Crippen molar-refractivity contribution in [1.82, 2.24) is 39.5 Å². The number of para-hydroxylation sites is 1. The van der Waals surface area contributed by atoms with Crippen LogP contribution in [0.15, 0.2) is 48.0 Å². The first-order valence-electron chi connectivity index (χ1n) is 15.9. The average molecular weight is 676 g/mol. The summed E-state index contributed by atoms with van der Waals surface area (Å²) in [5.74, 6) is -1.84. The van der Waals surface area contributed by atoms with Gasteiger partial charge in [0.05, 0.1) is 22.6 Å². The minimum absolute atomic E-state index is 0.0215. The van der Waals surface area contributed by atoms with Crippen LogP contribution < -0.4 is 9.64 Å². The van der Waals surface area contributed by atoms with E-state index in [1.165, 1.54) is 16.2 Å². The summed E-state index contributed by atoms with van der Waals surface area (Å²) in [5, 5.41) is 7.67. The van der Waals surface area contributed by atoms with E-state index in [4.69, 9.17) is 9.72 Å². The van der Waals surface area contributed by atoms with Crippen LogP contribution in [-0.2, 0) is 11.8 Å². The molecule has 11 nitrogen and oxygen atoms in total. The molecule has 3 fully saturated rings. The van der Waals surface area contributed by atoms with Gasteiger partial charge in [-0.3, -0.25) is 19.4 Å². The molecule has 1 aromatic carbocycles. The van der Waals surface area contributed by atoms with Crippen LogP contribution in [-0.4, -0.2) is 103 Å². The number of benzene rings is 1. The first-order valence-corrected chi connectivity index (χ1v) is 16.8. The third-order valence-electron chi connectivity index (χ3n) is 9.66. The number of thiazole rings is 1. The number of fused-ring (bicyclic) bond motifs is 3. The summed E-state index contributed by atoms with van der Waals surface area (Å²) in [5.41, 5.74) is 0.993. The van der Waals surface area contributed by atoms with Crippen molar-refractivity contribution < 1.29 is 22.7 Å². The van der Waals surface area contributed by atoms with Gasteiger partial charge in [-0.2, -0.15) is 15.1 Å². The van der Waals surface area contributed by atoms with E-state index in [0.717, 1.165) is 36.4 Å². The van der Waals surface area contributed by atoms with Gasteiger partial charge in [0, 0.05) is 81.0 Å². The molecular formula is C33H32F3N9O2S. The van der Waals surface area contributed by atoms with Gasteiger partial charge in [-0.05, 0) is 19.4 Å². The van der Waals surface area contributed by atoms with E-state index in [1.807, 2.05) is 17.0 Å². The topological polar surface area (TPSA) is 105 Å². The Morgan fingerprint density at radius 1 is 1.15 bits per heavy atom. The lowest BCUT2D eigenvalue weighted by Crippen LogP contribution is -2.49. The minimum atomic E-state index is -0.928. The molecule has 48 heavy (non-hydrogen) atoms. The number of anilines is 1. The predicted octanol–water partition coefficient (Wildman–Crippen LogP) is 4.79. The van der Waals surface area contributed by atoms with Crippen LogP contribution in [0.3, 0.4) is 0 Å². The average Bonchev–Trinajstić information content (AvgIpc) is 3.89. The molecule has 0 N–H and O–H groups in total. The summed E-state index contributed by atoms with van der Waals surface area (Å²) in [6.07, 6.45) is 7.15. The number of alkyl halides is 1. The summed E-state index contributed by atoms with van der Waals surface area (Å²) in [4.78, 5) is 36.2. The number of carbonyl (C=O) groups excluding carboxylic acids is 1. The number of carbonyl (C=O) groups is 1. The number of piperazine rings is 1. The second-order valence-corrected chi connectivity index (χ2v) is 13.5. The maximum Gasteiger partial charge on any atom is 0.319 e. The Balaban J connectivity index is 1.14. The molecule has 7 heterocycles. The summed E-state index contributed by atoms with van der Waals surface area (Å²) >= 11 is 1.24. The number of amides is 1. The number of aryl methyl sites for hydroxylation is 1. The Morgan fingerprint density at radius 2 is 2.00 bits per heavy atom. The van der Waals surface area contributed by atoms with E-state index in [-0.39, 0.29) is 36.9 Å². The molecule has 0 spiro atoms. The molecule has 248 valence electrons. The second kappa shape index (κ2) is 12.1. The van der Waals surface area contributed by atoms with Crippen molar-refractivity contribution in [2.75, 3.05) is 50.8 Å². The highest BCUT2D eigenvalue weighted by Crippen LogP contribution is 2.41. The monoisotopic (exact) mass is 675 g/mol. The van der Waals surface area contributed by atoms with Gasteiger partial charge >= 0.3 is 6.01 Å². The molecule has 3 aliphatic heterocycles. The zero-order valence-electron chi connectivity index (χ0n) is 26.2. The lowest BCUT2D eigenvalue weighted by molar-refractivity contribution is -0.128. The molecule has 0 saturated carbocycles. The maximum atomic E-state index is 16.6. The maximum absolute atomic E-state index is 16.6. The van der Waals surface area contributed by atoms with Crippen LogP contribution in [0.4, 0.5) is 19.0 Å². The first kappa shape index (κ1) is 30.7. The largest absolute Gasteiger partial charge is 0.461 e. The number of hydrogen-bond donors (Lipinski definition) is 0. The van der Waals surface area contributed by atoms with E-state index >= 15 is 4.39 Å². The highest BCUT2D eigenvalue weighted by molar-refractivity contribution is 7.10. The Kier molecular flexibility index (Phi) is 7.74. The predicted molar refractivity (Wildman–Crippen MR) is 176 cm³/mol. The first-order chi connectivity index (χ1) is 23.3. The summed E-state index contributed by atoms with van der Waals surface area (Å²) < 4.78 is 53.8. The van der Waals surface area contributed by atoms with Crippen LogP contribution >= 0.6 is 11.3 Å². The van der Waals surface area contributed by atoms with Gasteiger partial charge in [0.15, 0.2) is 11.6 Å². The smallest absolute Gasteiger partial charge is 0.319 e. The van der Waals surface area contributed by atoms with E-state index in [0.29, 0.717) is 47.8 Å². The molecule has 3 aliphatic rings. The number of nitrogens with zero attached hydrogens (tertiary/aromatic N) is 9. The van der Waals surface area contributed by atoms with Crippen molar-refractivity contribution >= 4 is 50.9 Å². The van der Waals surface area contributed by atoms with Gasteiger partial charge in [0.2, 0.25) is 0 Å². The Labute approximate surface area is 277 Å². The van der Waals surface area contributed by atoms with Gasteiger partial charge in [-0.1, -0.05) is 18.2 Å². The van der Waals surface area contributed by atoms with Crippen LogP contribution in [0.5, 0.6) is 6.01 Å². The molecule has 2 atom stereocenters. The quantitative estimate of drug-likeness (QED) is 0.225. The number of aromatic nitrogens is 6. The SMILES string of the molecule is Cn1ncc2cccc(-c3ncc4c(N5CCN(C(=O)/C(F)=C/c6nccs6)CC5)nc(OC[C@@]56CCCN5CC(F)C6)nc4c3F)c21. The summed E-state index contributed by atoms with van der Waals surface area (Å²) in [6.45, 7) is 2.40. The number of hydrogen-bond acceptors (Lipinski definition) is 10. The van der Waals surface area contributed by atoms with Gasteiger partial charge in [-0.15, -0.1) is 11.3 Å². The number of ether oxygens (including phenoxy) is 1. The van der Waals surface area contributed by atoms with E-state index in [2.05, 4.69) is 25.0 Å². The molecule has 0 radical (unpaired) electrons. The third-order valence-corrected chi connectivity index (χ3v) is 10.4. The minimum Gasteiger partial charge on any atom is -0.461 e. The van der Waals surface area contributed by atoms with Crippen molar-refractivity contribution in [2.45, 2.75) is 31.0 Å². The fourth-order valence-electron chi connectivity index (χ4n) is 7.34. The van der Waals surface area contributed by atoms with Gasteiger partial charge in [-0.25, -0.2) is 18.2 Å². The zero-order valence-corrected chi connectivity index (χ0v) is 27.0. The Hall–Kier alpha value is -4.63. The molecule has 15 heteroatoms. The molecule has 5 aromatic rings. The summed E-state index contributed by atoms with van der Waals surface area (Å²) in [6, 6.07) is 5.50. The molecule has 4 aromatic heterocycles. The van der Waals surface area contributed by atoms with E-state index < -0.39 is 29.3 Å². The highest BCUT2D eigenvalue weighted by atomic mass is 32.1. The standard InChI is InChI=1S/C33H32F3N9O2S/c1-42-29-20(16-39-42)4-2-5-22(29)27-26(36)28-23(17-38-27)30(41-32(40-28)47-19-33-6-3-8-45(33)18-21(34)15-33)43-9-11-44(12-10-43)31(46)24(35)14-25-37-7-13-48-25/h2,4-5,7,13-14,16-17,21H,3,6,8-12,15,18-19H2,1H3/b24-14-/t21?,33-/m0/s1. The fraction of sp³-hybridized carbons (Fsp3) is 0.394. The number of halogens is 3. The van der Waals surface area contributed by atoms with Crippen LogP contribution in [0.2, 0.25) is 0 Å². The van der Waals surface area contributed by atoms with Crippen molar-refractivity contribution in [2.24, 2.45) is 7.05 Å². The molecular weight excluding hydrogens is 643 g/mol. The Morgan fingerprint density at radius 3 is 2.81 bits per heavy atom. The van der Waals surface area contributed by atoms with Crippen molar-refractivity contribution in [3.8, 4) is 17.3 Å². The van der Waals surface area contributed by atoms with E-state index in [9.17, 15) is 13.6 Å². The molecule has 0 bridgehead atoms. The third kappa shape index (κ3) is 5.34. The molecule has 1 unspecified atom stereocenters. The van der Waals surface area contributed by atoms with Crippen molar-refractivity contribution in [3.05, 3.63) is 58.8 Å². The molecule has 8 rings (SSSR count). The highest BCUT2D eigenvalue weighted by Gasteiger charge is 2.49. The Bertz CT molecular complexity index is 2050. The van der Waals surface area contributed by atoms with E-state index in [1.54, 1.807) is 41.8 Å². The van der Waals surface area contributed by atoms with Gasteiger partial charge in [0.25, 0.3) is 5.91 Å². The number of pyridine rings is 1. The summed E-state index contributed by atoms with van der Waals surface area (Å²) in [7, 11) is 1.79. The van der Waals surface area contributed by atoms with Crippen LogP contribution in [0.1, 0.15) is 24.3 Å². The molecule has 3 saturated heterocycles. The van der Waals surface area contributed by atoms with Gasteiger partial charge in [0.1, 0.15) is 34.8 Å². The molecule has 0 aliphatic carbocycles. The molecule has 1 amide bonds.